The van der Waals surface area contributed by atoms with Gasteiger partial charge in [-0.1, -0.05) is 6.07 Å². The number of aromatic nitrogens is 3. The maximum absolute atomic E-state index is 12.6. The first-order valence-electron chi connectivity index (χ1n) is 7.82. The predicted molar refractivity (Wildman–Crippen MR) is 90.1 cm³/mol. The Labute approximate surface area is 147 Å². The lowest BCUT2D eigenvalue weighted by Crippen LogP contribution is -2.21. The fourth-order valence-corrected chi connectivity index (χ4v) is 2.38. The van der Waals surface area contributed by atoms with Gasteiger partial charge in [0.2, 0.25) is 5.95 Å². The number of halogens is 3. The molecular formula is C17H16F3N5O. The Bertz CT molecular complexity index is 918. The van der Waals surface area contributed by atoms with Crippen molar-refractivity contribution in [1.29, 1.82) is 0 Å². The van der Waals surface area contributed by atoms with Gasteiger partial charge < -0.3 is 10.6 Å². The van der Waals surface area contributed by atoms with E-state index in [0.29, 0.717) is 17.9 Å². The summed E-state index contributed by atoms with van der Waals surface area (Å²) in [7, 11) is 0. The van der Waals surface area contributed by atoms with Gasteiger partial charge in [0.05, 0.1) is 17.8 Å². The first kappa shape index (κ1) is 17.9. The van der Waals surface area contributed by atoms with E-state index in [2.05, 4.69) is 20.7 Å². The molecule has 0 saturated heterocycles. The number of ketones is 1. The molecule has 9 heteroatoms. The molecule has 0 aliphatic carbocycles. The normalized spacial score (nSPS) is 11.7. The van der Waals surface area contributed by atoms with E-state index in [1.54, 1.807) is 10.6 Å². The van der Waals surface area contributed by atoms with E-state index in [9.17, 15) is 18.0 Å². The number of alkyl halides is 3. The Kier molecular flexibility index (Phi) is 4.90. The minimum absolute atomic E-state index is 0.0282. The Balaban J connectivity index is 1.77. The summed E-state index contributed by atoms with van der Waals surface area (Å²) in [6, 6.07) is 10.1. The lowest BCUT2D eigenvalue weighted by molar-refractivity contribution is -0.137. The van der Waals surface area contributed by atoms with Crippen LogP contribution in [0.15, 0.2) is 42.5 Å². The number of fused-ring (bicyclic) bond motifs is 1. The van der Waals surface area contributed by atoms with Crippen LogP contribution in [0.25, 0.3) is 5.65 Å². The molecule has 0 aliphatic heterocycles. The highest BCUT2D eigenvalue weighted by molar-refractivity contribution is 5.77. The molecule has 1 aromatic carbocycles. The summed E-state index contributed by atoms with van der Waals surface area (Å²) in [6.45, 7) is 2.18. The molecule has 136 valence electrons. The minimum atomic E-state index is -4.37. The van der Waals surface area contributed by atoms with Crippen molar-refractivity contribution in [2.75, 3.05) is 11.9 Å². The molecule has 0 saturated carbocycles. The van der Waals surface area contributed by atoms with Crippen molar-refractivity contribution in [3.63, 3.8) is 0 Å². The SMILES string of the molecule is CC(=O)CNCc1cccc2nc(Nc3ccc(C(F)(F)F)cc3)nn12. The molecule has 6 nitrogen and oxygen atoms in total. The summed E-state index contributed by atoms with van der Waals surface area (Å²) >= 11 is 0. The summed E-state index contributed by atoms with van der Waals surface area (Å²) in [6.07, 6.45) is -4.37. The van der Waals surface area contributed by atoms with Crippen LogP contribution in [0.2, 0.25) is 0 Å². The van der Waals surface area contributed by atoms with Crippen LogP contribution in [-0.2, 0) is 17.5 Å². The van der Waals surface area contributed by atoms with Crippen LogP contribution in [0.4, 0.5) is 24.8 Å². The van der Waals surface area contributed by atoms with Crippen molar-refractivity contribution in [2.45, 2.75) is 19.6 Å². The fraction of sp³-hybridized carbons (Fsp3) is 0.235. The molecular weight excluding hydrogens is 347 g/mol. The maximum atomic E-state index is 12.6. The summed E-state index contributed by atoms with van der Waals surface area (Å²) in [5.41, 5.74) is 1.12. The summed E-state index contributed by atoms with van der Waals surface area (Å²) in [4.78, 5) is 15.3. The number of hydrogen-bond donors (Lipinski definition) is 2. The van der Waals surface area contributed by atoms with E-state index < -0.39 is 11.7 Å². The fourth-order valence-electron chi connectivity index (χ4n) is 2.38. The Morgan fingerprint density at radius 1 is 1.15 bits per heavy atom. The zero-order valence-electron chi connectivity index (χ0n) is 13.8. The largest absolute Gasteiger partial charge is 0.416 e. The third kappa shape index (κ3) is 4.17. The molecule has 0 amide bonds. The first-order chi connectivity index (χ1) is 12.3. The summed E-state index contributed by atoms with van der Waals surface area (Å²) in [5.74, 6) is 0.296. The topological polar surface area (TPSA) is 71.3 Å². The Morgan fingerprint density at radius 3 is 2.54 bits per heavy atom. The second-order valence-corrected chi connectivity index (χ2v) is 5.73. The molecule has 3 aromatic rings. The van der Waals surface area contributed by atoms with Crippen LogP contribution < -0.4 is 10.6 Å². The number of anilines is 2. The Hall–Kier alpha value is -2.94. The van der Waals surface area contributed by atoms with Gasteiger partial charge in [-0.05, 0) is 43.3 Å². The second-order valence-electron chi connectivity index (χ2n) is 5.73. The van der Waals surface area contributed by atoms with Gasteiger partial charge in [-0.2, -0.15) is 18.2 Å². The van der Waals surface area contributed by atoms with E-state index in [1.807, 2.05) is 12.1 Å². The lowest BCUT2D eigenvalue weighted by Gasteiger charge is -2.07. The second kappa shape index (κ2) is 7.12. The number of Topliss-reactive ketones (excluding diaryl/α,β-unsaturated/α-hetero) is 1. The molecule has 3 rings (SSSR count). The van der Waals surface area contributed by atoms with Gasteiger partial charge in [-0.3, -0.25) is 4.79 Å². The predicted octanol–water partition coefficient (Wildman–Crippen LogP) is 3.17. The molecule has 0 spiro atoms. The maximum Gasteiger partial charge on any atom is 0.416 e. The number of hydrogen-bond acceptors (Lipinski definition) is 5. The van der Waals surface area contributed by atoms with E-state index >= 15 is 0 Å². The highest BCUT2D eigenvalue weighted by Gasteiger charge is 2.29. The van der Waals surface area contributed by atoms with Gasteiger partial charge in [0.25, 0.3) is 0 Å². The summed E-state index contributed by atoms with van der Waals surface area (Å²) in [5, 5.41) is 10.2. The van der Waals surface area contributed by atoms with Crippen LogP contribution in [0.5, 0.6) is 0 Å². The zero-order chi connectivity index (χ0) is 18.7. The van der Waals surface area contributed by atoms with Crippen LogP contribution in [0.3, 0.4) is 0 Å². The van der Waals surface area contributed by atoms with Gasteiger partial charge in [0.1, 0.15) is 5.78 Å². The van der Waals surface area contributed by atoms with Crippen LogP contribution in [0.1, 0.15) is 18.2 Å². The molecule has 0 fully saturated rings. The molecule has 0 atom stereocenters. The van der Waals surface area contributed by atoms with Gasteiger partial charge in [-0.15, -0.1) is 5.10 Å². The number of carbonyl (C=O) groups excluding carboxylic acids is 1. The smallest absolute Gasteiger partial charge is 0.323 e. The first-order valence-corrected chi connectivity index (χ1v) is 7.82. The standard InChI is InChI=1S/C17H16F3N5O/c1-11(26)9-21-10-14-3-2-4-15-23-16(24-25(14)15)22-13-7-5-12(6-8-13)17(18,19)20/h2-8,21H,9-10H2,1H3,(H,22,24). The number of nitrogens with one attached hydrogen (secondary N) is 2. The molecule has 0 radical (unpaired) electrons. The van der Waals surface area contributed by atoms with Crippen molar-refractivity contribution in [1.82, 2.24) is 19.9 Å². The van der Waals surface area contributed by atoms with Gasteiger partial charge >= 0.3 is 6.18 Å². The molecule has 0 unspecified atom stereocenters. The Morgan fingerprint density at radius 2 is 1.88 bits per heavy atom. The number of carbonyl (C=O) groups is 1. The zero-order valence-corrected chi connectivity index (χ0v) is 13.8. The van der Waals surface area contributed by atoms with E-state index in [4.69, 9.17) is 0 Å². The molecule has 2 N–H and O–H groups in total. The summed E-state index contributed by atoms with van der Waals surface area (Å²) < 4.78 is 39.4. The van der Waals surface area contributed by atoms with Crippen molar-refractivity contribution in [3.05, 3.63) is 53.7 Å². The number of rotatable bonds is 6. The number of benzene rings is 1. The molecule has 2 aromatic heterocycles. The lowest BCUT2D eigenvalue weighted by atomic mass is 10.2. The van der Waals surface area contributed by atoms with Crippen LogP contribution in [0, 0.1) is 0 Å². The highest BCUT2D eigenvalue weighted by atomic mass is 19.4. The monoisotopic (exact) mass is 363 g/mol. The molecule has 2 heterocycles. The average Bonchev–Trinajstić information content (AvgIpc) is 2.97. The third-order valence-corrected chi connectivity index (χ3v) is 3.59. The molecule has 0 bridgehead atoms. The van der Waals surface area contributed by atoms with Crippen LogP contribution in [-0.4, -0.2) is 26.9 Å². The van der Waals surface area contributed by atoms with Crippen molar-refractivity contribution >= 4 is 23.1 Å². The van der Waals surface area contributed by atoms with Crippen LogP contribution >= 0.6 is 0 Å². The third-order valence-electron chi connectivity index (χ3n) is 3.59. The van der Waals surface area contributed by atoms with Gasteiger partial charge in [-0.25, -0.2) is 4.52 Å². The van der Waals surface area contributed by atoms with Gasteiger partial charge in [0, 0.05) is 12.2 Å². The average molecular weight is 363 g/mol. The minimum Gasteiger partial charge on any atom is -0.323 e. The van der Waals surface area contributed by atoms with Crippen molar-refractivity contribution in [3.8, 4) is 0 Å². The molecule has 26 heavy (non-hydrogen) atoms. The quantitative estimate of drug-likeness (QED) is 0.704. The number of pyridine rings is 1. The van der Waals surface area contributed by atoms with E-state index in [1.165, 1.54) is 19.1 Å². The van der Waals surface area contributed by atoms with E-state index in [0.717, 1.165) is 17.8 Å². The van der Waals surface area contributed by atoms with E-state index in [-0.39, 0.29) is 18.3 Å². The van der Waals surface area contributed by atoms with Crippen molar-refractivity contribution < 1.29 is 18.0 Å². The van der Waals surface area contributed by atoms with Gasteiger partial charge in [0.15, 0.2) is 5.65 Å². The van der Waals surface area contributed by atoms with Crippen molar-refractivity contribution in [2.24, 2.45) is 0 Å². The number of nitrogens with zero attached hydrogens (tertiary/aromatic N) is 3. The highest BCUT2D eigenvalue weighted by Crippen LogP contribution is 2.30. The molecule has 0 aliphatic rings.